The van der Waals surface area contributed by atoms with Crippen LogP contribution >= 0.6 is 0 Å². The molecule has 31 heavy (non-hydrogen) atoms. The van der Waals surface area contributed by atoms with Gasteiger partial charge in [-0.25, -0.2) is 4.39 Å². The number of aryl methyl sites for hydroxylation is 1. The maximum Gasteiger partial charge on any atom is 0.273 e. The van der Waals surface area contributed by atoms with Gasteiger partial charge in [0.2, 0.25) is 0 Å². The van der Waals surface area contributed by atoms with Crippen LogP contribution in [0.2, 0.25) is 0 Å². The molecule has 4 aromatic rings. The van der Waals surface area contributed by atoms with Gasteiger partial charge in [-0.1, -0.05) is 24.3 Å². The number of carbonyl (C=O) groups is 1. The fourth-order valence-electron chi connectivity index (χ4n) is 4.19. The van der Waals surface area contributed by atoms with Crippen LogP contribution in [0.5, 0.6) is 0 Å². The Bertz CT molecular complexity index is 1250. The molecule has 0 aliphatic carbocycles. The number of benzene rings is 2. The predicted octanol–water partition coefficient (Wildman–Crippen LogP) is 4.49. The lowest BCUT2D eigenvalue weighted by Gasteiger charge is -2.29. The van der Waals surface area contributed by atoms with Crippen molar-refractivity contribution in [1.82, 2.24) is 19.7 Å². The first-order chi connectivity index (χ1) is 15.1. The minimum Gasteiger partial charge on any atom is -0.333 e. The third-order valence-corrected chi connectivity index (χ3v) is 5.75. The minimum atomic E-state index is -0.312. The topological polar surface area (TPSA) is 51.0 Å². The van der Waals surface area contributed by atoms with E-state index in [0.717, 1.165) is 23.1 Å². The molecule has 1 aliphatic rings. The molecule has 0 bridgehead atoms. The van der Waals surface area contributed by atoms with E-state index >= 15 is 0 Å². The van der Waals surface area contributed by atoms with E-state index in [1.54, 1.807) is 36.3 Å². The quantitative estimate of drug-likeness (QED) is 0.498. The van der Waals surface area contributed by atoms with Gasteiger partial charge in [-0.3, -0.25) is 14.5 Å². The highest BCUT2D eigenvalue weighted by atomic mass is 19.1. The van der Waals surface area contributed by atoms with Crippen LogP contribution in [-0.4, -0.2) is 32.1 Å². The molecular weight excluding hydrogens is 391 g/mol. The van der Waals surface area contributed by atoms with Crippen molar-refractivity contribution < 1.29 is 9.18 Å². The standard InChI is InChI=1S/C25H21FN4O/c1-29-24(25(31)30-15-12-17-4-2-3-5-20(17)16-30)22(18-10-13-27-14-11-18)23(28-29)19-6-8-21(26)9-7-19/h2-11,13-14H,12,15-16H2,1H3. The maximum atomic E-state index is 13.7. The first-order valence-electron chi connectivity index (χ1n) is 10.2. The van der Waals surface area contributed by atoms with Crippen LogP contribution in [0, 0.1) is 5.82 Å². The van der Waals surface area contributed by atoms with Gasteiger partial charge in [0.1, 0.15) is 17.2 Å². The summed E-state index contributed by atoms with van der Waals surface area (Å²) in [5, 5.41) is 4.67. The molecule has 3 heterocycles. The first-order valence-corrected chi connectivity index (χ1v) is 10.2. The Morgan fingerprint density at radius 1 is 0.935 bits per heavy atom. The molecule has 1 aliphatic heterocycles. The Morgan fingerprint density at radius 2 is 1.65 bits per heavy atom. The lowest BCUT2D eigenvalue weighted by Crippen LogP contribution is -2.37. The zero-order chi connectivity index (χ0) is 21.4. The highest BCUT2D eigenvalue weighted by Gasteiger charge is 2.29. The molecule has 0 fully saturated rings. The summed E-state index contributed by atoms with van der Waals surface area (Å²) in [6.45, 7) is 1.23. The number of halogens is 1. The Labute approximate surface area is 179 Å². The third kappa shape index (κ3) is 3.50. The zero-order valence-electron chi connectivity index (χ0n) is 17.1. The van der Waals surface area contributed by atoms with E-state index in [9.17, 15) is 9.18 Å². The second-order valence-corrected chi connectivity index (χ2v) is 7.68. The van der Waals surface area contributed by atoms with Gasteiger partial charge in [0, 0.05) is 43.7 Å². The van der Waals surface area contributed by atoms with Crippen molar-refractivity contribution in [2.75, 3.05) is 6.54 Å². The number of rotatable bonds is 3. The van der Waals surface area contributed by atoms with Gasteiger partial charge in [0.25, 0.3) is 5.91 Å². The van der Waals surface area contributed by atoms with Crippen LogP contribution in [0.1, 0.15) is 21.6 Å². The number of carbonyl (C=O) groups excluding carboxylic acids is 1. The molecule has 0 unspecified atom stereocenters. The molecule has 2 aromatic heterocycles. The van der Waals surface area contributed by atoms with Crippen molar-refractivity contribution in [2.24, 2.45) is 7.05 Å². The van der Waals surface area contributed by atoms with Crippen LogP contribution in [0.25, 0.3) is 22.4 Å². The Morgan fingerprint density at radius 3 is 2.39 bits per heavy atom. The van der Waals surface area contributed by atoms with E-state index in [1.807, 2.05) is 29.2 Å². The van der Waals surface area contributed by atoms with E-state index in [1.165, 1.54) is 23.3 Å². The van der Waals surface area contributed by atoms with E-state index in [2.05, 4.69) is 22.2 Å². The predicted molar refractivity (Wildman–Crippen MR) is 117 cm³/mol. The van der Waals surface area contributed by atoms with Crippen molar-refractivity contribution in [3.8, 4) is 22.4 Å². The summed E-state index contributed by atoms with van der Waals surface area (Å²) < 4.78 is 15.1. The van der Waals surface area contributed by atoms with Crippen LogP contribution in [-0.2, 0) is 20.0 Å². The lowest BCUT2D eigenvalue weighted by atomic mass is 9.97. The fraction of sp³-hybridized carbons (Fsp3) is 0.160. The van der Waals surface area contributed by atoms with Gasteiger partial charge in [-0.05, 0) is 59.5 Å². The molecule has 0 saturated heterocycles. The monoisotopic (exact) mass is 412 g/mol. The van der Waals surface area contributed by atoms with Crippen molar-refractivity contribution in [3.63, 3.8) is 0 Å². The second kappa shape index (κ2) is 7.80. The molecule has 6 heteroatoms. The summed E-state index contributed by atoms with van der Waals surface area (Å²) in [6, 6.07) is 18.2. The van der Waals surface area contributed by atoms with Gasteiger partial charge in [-0.15, -0.1) is 0 Å². The highest BCUT2D eigenvalue weighted by Crippen LogP contribution is 2.35. The molecule has 5 rings (SSSR count). The van der Waals surface area contributed by atoms with Crippen molar-refractivity contribution >= 4 is 5.91 Å². The van der Waals surface area contributed by atoms with Crippen molar-refractivity contribution in [2.45, 2.75) is 13.0 Å². The summed E-state index contributed by atoms with van der Waals surface area (Å²) in [5.74, 6) is -0.377. The maximum absolute atomic E-state index is 13.7. The Balaban J connectivity index is 1.62. The minimum absolute atomic E-state index is 0.0651. The molecule has 0 spiro atoms. The van der Waals surface area contributed by atoms with E-state index in [-0.39, 0.29) is 11.7 Å². The normalized spacial score (nSPS) is 13.2. The molecular formula is C25H21FN4O. The second-order valence-electron chi connectivity index (χ2n) is 7.68. The van der Waals surface area contributed by atoms with E-state index in [4.69, 9.17) is 0 Å². The van der Waals surface area contributed by atoms with Crippen molar-refractivity contribution in [1.29, 1.82) is 0 Å². The number of aromatic nitrogens is 3. The summed E-state index contributed by atoms with van der Waals surface area (Å²) in [4.78, 5) is 19.7. The first kappa shape index (κ1) is 19.2. The van der Waals surface area contributed by atoms with Gasteiger partial charge in [0.05, 0.1) is 0 Å². The Kier molecular flexibility index (Phi) is 4.82. The van der Waals surface area contributed by atoms with Gasteiger partial charge in [-0.2, -0.15) is 5.10 Å². The largest absolute Gasteiger partial charge is 0.333 e. The lowest BCUT2D eigenvalue weighted by molar-refractivity contribution is 0.0724. The van der Waals surface area contributed by atoms with Crippen LogP contribution in [0.3, 0.4) is 0 Å². The number of fused-ring (bicyclic) bond motifs is 1. The van der Waals surface area contributed by atoms with Gasteiger partial charge < -0.3 is 4.90 Å². The van der Waals surface area contributed by atoms with Gasteiger partial charge >= 0.3 is 0 Å². The number of hydrogen-bond acceptors (Lipinski definition) is 3. The summed E-state index contributed by atoms with van der Waals surface area (Å²) in [5.41, 5.74) is 5.97. The molecule has 5 nitrogen and oxygen atoms in total. The average Bonchev–Trinajstić information content (AvgIpc) is 3.16. The smallest absolute Gasteiger partial charge is 0.273 e. The van der Waals surface area contributed by atoms with Gasteiger partial charge in [0.15, 0.2) is 0 Å². The van der Waals surface area contributed by atoms with Crippen molar-refractivity contribution in [3.05, 3.63) is 95.7 Å². The zero-order valence-corrected chi connectivity index (χ0v) is 17.1. The number of amides is 1. The van der Waals surface area contributed by atoms with Crippen LogP contribution in [0.4, 0.5) is 4.39 Å². The highest BCUT2D eigenvalue weighted by molar-refractivity contribution is 6.03. The van der Waals surface area contributed by atoms with Crippen LogP contribution < -0.4 is 0 Å². The summed E-state index contributed by atoms with van der Waals surface area (Å²) >= 11 is 0. The molecule has 0 atom stereocenters. The van der Waals surface area contributed by atoms with Crippen LogP contribution in [0.15, 0.2) is 73.1 Å². The Hall–Kier alpha value is -3.80. The average molecular weight is 412 g/mol. The molecule has 0 saturated carbocycles. The molecule has 0 radical (unpaired) electrons. The molecule has 1 amide bonds. The molecule has 154 valence electrons. The molecule has 2 aromatic carbocycles. The third-order valence-electron chi connectivity index (χ3n) is 5.75. The van der Waals surface area contributed by atoms with E-state index in [0.29, 0.717) is 24.5 Å². The number of nitrogens with zero attached hydrogens (tertiary/aromatic N) is 4. The van der Waals surface area contributed by atoms with E-state index < -0.39 is 0 Å². The number of pyridine rings is 1. The SMILES string of the molecule is Cn1nc(-c2ccc(F)cc2)c(-c2ccncc2)c1C(=O)N1CCc2ccccc2C1. The number of hydrogen-bond donors (Lipinski definition) is 0. The summed E-state index contributed by atoms with van der Waals surface area (Å²) in [6.07, 6.45) is 4.22. The molecule has 0 N–H and O–H groups in total. The fourth-order valence-corrected chi connectivity index (χ4v) is 4.19. The summed E-state index contributed by atoms with van der Waals surface area (Å²) in [7, 11) is 1.78.